The normalized spacial score (nSPS) is 28.7. The minimum absolute atomic E-state index is 0.520. The Morgan fingerprint density at radius 3 is 3.06 bits per heavy atom. The highest BCUT2D eigenvalue weighted by molar-refractivity contribution is 8.00. The first-order chi connectivity index (χ1) is 8.19. The highest BCUT2D eigenvalue weighted by atomic mass is 32.2. The van der Waals surface area contributed by atoms with E-state index in [4.69, 9.17) is 0 Å². The topological polar surface area (TPSA) is 33.1 Å². The molecule has 1 N–H and O–H groups in total. The third-order valence-corrected chi connectivity index (χ3v) is 4.80. The van der Waals surface area contributed by atoms with Crippen LogP contribution in [0.4, 0.5) is 0 Å². The molecule has 3 heteroatoms. The molecule has 0 radical (unpaired) electrons. The van der Waals surface area contributed by atoms with E-state index < -0.39 is 5.60 Å². The van der Waals surface area contributed by atoms with Crippen LogP contribution in [0.15, 0.2) is 36.7 Å². The number of nitrogens with zero attached hydrogens (tertiary/aromatic N) is 1. The first kappa shape index (κ1) is 11.1. The lowest BCUT2D eigenvalue weighted by molar-refractivity contribution is 0.0627. The van der Waals surface area contributed by atoms with E-state index in [1.807, 2.05) is 36.2 Å². The average Bonchev–Trinajstić information content (AvgIpc) is 2.70. The summed E-state index contributed by atoms with van der Waals surface area (Å²) < 4.78 is 0. The molecule has 1 aliphatic heterocycles. The zero-order chi connectivity index (χ0) is 11.9. The molecule has 2 nitrogen and oxygen atoms in total. The number of aromatic nitrogens is 1. The fourth-order valence-corrected chi connectivity index (χ4v) is 3.81. The molecule has 1 aromatic carbocycles. The van der Waals surface area contributed by atoms with Gasteiger partial charge in [-0.15, -0.1) is 0 Å². The van der Waals surface area contributed by atoms with Crippen LogP contribution >= 0.6 is 11.8 Å². The second-order valence-corrected chi connectivity index (χ2v) is 6.19. The van der Waals surface area contributed by atoms with Crippen LogP contribution in [0.2, 0.25) is 0 Å². The summed E-state index contributed by atoms with van der Waals surface area (Å²) in [4.78, 5) is 4.18. The Morgan fingerprint density at radius 2 is 2.29 bits per heavy atom. The molecular formula is C14H15NOS. The van der Waals surface area contributed by atoms with Crippen LogP contribution < -0.4 is 0 Å². The fraction of sp³-hybridized carbons (Fsp3) is 0.357. The predicted molar refractivity (Wildman–Crippen MR) is 72.2 cm³/mol. The van der Waals surface area contributed by atoms with Gasteiger partial charge in [-0.05, 0) is 23.4 Å². The molecule has 2 atom stereocenters. The van der Waals surface area contributed by atoms with Gasteiger partial charge in [0.05, 0.1) is 0 Å². The Morgan fingerprint density at radius 1 is 1.41 bits per heavy atom. The Labute approximate surface area is 105 Å². The number of aliphatic hydroxyl groups is 1. The van der Waals surface area contributed by atoms with Crippen molar-refractivity contribution < 1.29 is 5.11 Å². The van der Waals surface area contributed by atoms with Crippen molar-refractivity contribution in [3.05, 3.63) is 42.2 Å². The summed E-state index contributed by atoms with van der Waals surface area (Å²) in [6, 6.07) is 8.11. The van der Waals surface area contributed by atoms with Crippen LogP contribution in [0.3, 0.4) is 0 Å². The van der Waals surface area contributed by atoms with Crippen LogP contribution in [-0.2, 0) is 5.60 Å². The number of hydrogen-bond donors (Lipinski definition) is 1. The molecule has 88 valence electrons. The van der Waals surface area contributed by atoms with Gasteiger partial charge in [0, 0.05) is 28.8 Å². The van der Waals surface area contributed by atoms with E-state index in [0.29, 0.717) is 5.25 Å². The van der Waals surface area contributed by atoms with E-state index in [-0.39, 0.29) is 0 Å². The Bertz CT molecular complexity index is 551. The highest BCUT2D eigenvalue weighted by Crippen LogP contribution is 2.43. The van der Waals surface area contributed by atoms with Crippen molar-refractivity contribution in [2.24, 2.45) is 0 Å². The second-order valence-electron chi connectivity index (χ2n) is 4.76. The van der Waals surface area contributed by atoms with Crippen LogP contribution in [0.1, 0.15) is 18.9 Å². The lowest BCUT2D eigenvalue weighted by Gasteiger charge is -2.23. The van der Waals surface area contributed by atoms with E-state index in [2.05, 4.69) is 18.0 Å². The Balaban J connectivity index is 2.17. The standard InChI is InChI=1S/C14H15NOS/c1-10-7-14(16,9-17-10)13-4-2-3-11-5-6-15-8-12(11)13/h2-6,8,10,16H,7,9H2,1H3. The first-order valence-electron chi connectivity index (χ1n) is 5.86. The minimum Gasteiger partial charge on any atom is -0.384 e. The number of fused-ring (bicyclic) bond motifs is 1. The van der Waals surface area contributed by atoms with Crippen molar-refractivity contribution in [3.63, 3.8) is 0 Å². The molecule has 0 spiro atoms. The maximum absolute atomic E-state index is 10.8. The van der Waals surface area contributed by atoms with Crippen LogP contribution in [0.5, 0.6) is 0 Å². The molecular weight excluding hydrogens is 230 g/mol. The molecule has 1 saturated heterocycles. The largest absolute Gasteiger partial charge is 0.384 e. The Hall–Kier alpha value is -1.06. The predicted octanol–water partition coefficient (Wildman–Crippen LogP) is 2.95. The summed E-state index contributed by atoms with van der Waals surface area (Å²) in [6.45, 7) is 2.17. The second kappa shape index (κ2) is 4.00. The van der Waals surface area contributed by atoms with Crippen LogP contribution in [0.25, 0.3) is 10.8 Å². The minimum atomic E-state index is -0.688. The molecule has 0 aliphatic carbocycles. The van der Waals surface area contributed by atoms with Gasteiger partial charge in [0.2, 0.25) is 0 Å². The van der Waals surface area contributed by atoms with E-state index >= 15 is 0 Å². The molecule has 0 amide bonds. The summed E-state index contributed by atoms with van der Waals surface area (Å²) in [5.41, 5.74) is 0.340. The van der Waals surface area contributed by atoms with Gasteiger partial charge >= 0.3 is 0 Å². The van der Waals surface area contributed by atoms with Gasteiger partial charge < -0.3 is 5.11 Å². The van der Waals surface area contributed by atoms with Gasteiger partial charge in [0.25, 0.3) is 0 Å². The maximum Gasteiger partial charge on any atom is 0.100 e. The van der Waals surface area contributed by atoms with Crippen molar-refractivity contribution in [1.29, 1.82) is 0 Å². The molecule has 17 heavy (non-hydrogen) atoms. The van der Waals surface area contributed by atoms with E-state index in [1.54, 1.807) is 6.20 Å². The average molecular weight is 245 g/mol. The third kappa shape index (κ3) is 1.83. The summed E-state index contributed by atoms with van der Waals surface area (Å²) in [6.07, 6.45) is 4.48. The number of thioether (sulfide) groups is 1. The lowest BCUT2D eigenvalue weighted by Crippen LogP contribution is -2.25. The number of benzene rings is 1. The third-order valence-electron chi connectivity index (χ3n) is 3.42. The molecule has 1 aromatic heterocycles. The summed E-state index contributed by atoms with van der Waals surface area (Å²) in [5, 5.41) is 13.5. The SMILES string of the molecule is CC1CC(O)(c2cccc3ccncc23)CS1. The number of rotatable bonds is 1. The van der Waals surface area contributed by atoms with Crippen molar-refractivity contribution in [2.75, 3.05) is 5.75 Å². The van der Waals surface area contributed by atoms with Crippen LogP contribution in [-0.4, -0.2) is 21.1 Å². The molecule has 1 aliphatic rings. The molecule has 1 fully saturated rings. The Kier molecular flexibility index (Phi) is 2.60. The maximum atomic E-state index is 10.8. The van der Waals surface area contributed by atoms with Gasteiger partial charge in [-0.2, -0.15) is 11.8 Å². The molecule has 0 bridgehead atoms. The van der Waals surface area contributed by atoms with Crippen molar-refractivity contribution in [3.8, 4) is 0 Å². The van der Waals surface area contributed by atoms with Gasteiger partial charge in [0.15, 0.2) is 0 Å². The highest BCUT2D eigenvalue weighted by Gasteiger charge is 2.38. The quantitative estimate of drug-likeness (QED) is 0.838. The van der Waals surface area contributed by atoms with Crippen LogP contribution in [0, 0.1) is 0 Å². The molecule has 0 saturated carbocycles. The lowest BCUT2D eigenvalue weighted by atomic mass is 9.88. The summed E-state index contributed by atoms with van der Waals surface area (Å²) in [5.74, 6) is 0.780. The molecule has 2 heterocycles. The van der Waals surface area contributed by atoms with E-state index in [9.17, 15) is 5.11 Å². The number of hydrogen-bond acceptors (Lipinski definition) is 3. The zero-order valence-corrected chi connectivity index (χ0v) is 10.6. The van der Waals surface area contributed by atoms with Gasteiger partial charge in [-0.1, -0.05) is 25.1 Å². The van der Waals surface area contributed by atoms with E-state index in [1.165, 1.54) is 0 Å². The fourth-order valence-electron chi connectivity index (χ4n) is 2.58. The van der Waals surface area contributed by atoms with Gasteiger partial charge in [0.1, 0.15) is 5.60 Å². The zero-order valence-electron chi connectivity index (χ0n) is 9.76. The number of pyridine rings is 1. The van der Waals surface area contributed by atoms with Crippen molar-refractivity contribution >= 4 is 22.5 Å². The van der Waals surface area contributed by atoms with Gasteiger partial charge in [-0.25, -0.2) is 0 Å². The van der Waals surface area contributed by atoms with Crippen molar-refractivity contribution in [1.82, 2.24) is 4.98 Å². The summed E-state index contributed by atoms with van der Waals surface area (Å²) >= 11 is 1.84. The summed E-state index contributed by atoms with van der Waals surface area (Å²) in [7, 11) is 0. The van der Waals surface area contributed by atoms with E-state index in [0.717, 1.165) is 28.5 Å². The molecule has 3 rings (SSSR count). The first-order valence-corrected chi connectivity index (χ1v) is 6.91. The van der Waals surface area contributed by atoms with Crippen molar-refractivity contribution in [2.45, 2.75) is 24.2 Å². The van der Waals surface area contributed by atoms with Gasteiger partial charge in [-0.3, -0.25) is 4.98 Å². The molecule has 2 aromatic rings. The smallest absolute Gasteiger partial charge is 0.100 e. The molecule has 2 unspecified atom stereocenters. The monoisotopic (exact) mass is 245 g/mol.